The molecule has 0 unspecified atom stereocenters. The fraction of sp³-hybridized carbons (Fsp3) is 0.207. The minimum absolute atomic E-state index is 0.659. The van der Waals surface area contributed by atoms with E-state index in [0.29, 0.717) is 5.82 Å². The minimum Gasteiger partial charge on any atom is -0.344 e. The zero-order valence-corrected chi connectivity index (χ0v) is 21.2. The van der Waals surface area contributed by atoms with E-state index < -0.39 is 0 Å². The largest absolute Gasteiger partial charge is 0.344 e. The van der Waals surface area contributed by atoms with Gasteiger partial charge in [-0.2, -0.15) is 0 Å². The molecular weight excluding hydrogens is 460 g/mol. The van der Waals surface area contributed by atoms with Gasteiger partial charge in [-0.25, -0.2) is 15.1 Å². The number of H-pyrrole nitrogens is 2. The van der Waals surface area contributed by atoms with Gasteiger partial charge in [0.15, 0.2) is 5.82 Å². The lowest BCUT2D eigenvalue weighted by molar-refractivity contribution is 0.722. The second kappa shape index (κ2) is 9.46. The molecular formula is C29H28N8. The summed E-state index contributed by atoms with van der Waals surface area (Å²) in [4.78, 5) is 13.0. The molecule has 3 aromatic heterocycles. The number of nitrogens with zero attached hydrogens (tertiary/aromatic N) is 6. The molecule has 3 aromatic carbocycles. The maximum absolute atomic E-state index is 5.05. The highest BCUT2D eigenvalue weighted by Crippen LogP contribution is 2.31. The van der Waals surface area contributed by atoms with Crippen molar-refractivity contribution < 1.29 is 0 Å². The number of aromatic amines is 2. The number of benzene rings is 3. The van der Waals surface area contributed by atoms with E-state index in [0.717, 1.165) is 75.6 Å². The molecule has 37 heavy (non-hydrogen) atoms. The van der Waals surface area contributed by atoms with E-state index in [9.17, 15) is 0 Å². The third-order valence-corrected chi connectivity index (χ3v) is 6.71. The summed E-state index contributed by atoms with van der Waals surface area (Å²) < 4.78 is 2.36. The van der Waals surface area contributed by atoms with Crippen molar-refractivity contribution in [3.63, 3.8) is 0 Å². The molecule has 0 radical (unpaired) electrons. The molecule has 0 spiro atoms. The van der Waals surface area contributed by atoms with Gasteiger partial charge < -0.3 is 9.55 Å². The predicted octanol–water partition coefficient (Wildman–Crippen LogP) is 5.89. The van der Waals surface area contributed by atoms with Crippen LogP contribution < -0.4 is 0 Å². The van der Waals surface area contributed by atoms with E-state index in [1.165, 1.54) is 5.56 Å². The lowest BCUT2D eigenvalue weighted by Gasteiger charge is -2.12. The van der Waals surface area contributed by atoms with Crippen LogP contribution >= 0.6 is 0 Å². The highest BCUT2D eigenvalue weighted by Gasteiger charge is 2.16. The zero-order valence-electron chi connectivity index (χ0n) is 21.2. The third kappa shape index (κ3) is 4.31. The first-order chi connectivity index (χ1) is 18.1. The highest BCUT2D eigenvalue weighted by atomic mass is 15.5. The number of hydrogen-bond acceptors (Lipinski definition) is 5. The smallest absolute Gasteiger partial charge is 0.180 e. The molecule has 8 heteroatoms. The minimum atomic E-state index is 0.659. The summed E-state index contributed by atoms with van der Waals surface area (Å²) in [6.07, 6.45) is 3.91. The van der Waals surface area contributed by atoms with E-state index in [4.69, 9.17) is 4.98 Å². The Hall–Kier alpha value is -4.59. The average molecular weight is 489 g/mol. The van der Waals surface area contributed by atoms with E-state index >= 15 is 0 Å². The molecule has 3 heterocycles. The van der Waals surface area contributed by atoms with Gasteiger partial charge in [-0.15, -0.1) is 5.10 Å². The summed E-state index contributed by atoms with van der Waals surface area (Å²) in [7, 11) is 0. The molecule has 0 aliphatic rings. The van der Waals surface area contributed by atoms with Gasteiger partial charge in [0, 0.05) is 30.3 Å². The van der Waals surface area contributed by atoms with E-state index in [2.05, 4.69) is 91.5 Å². The second-order valence-corrected chi connectivity index (χ2v) is 9.41. The first-order valence-corrected chi connectivity index (χ1v) is 12.6. The van der Waals surface area contributed by atoms with E-state index in [-0.39, 0.29) is 0 Å². The fourth-order valence-corrected chi connectivity index (χ4v) is 4.92. The molecule has 2 N–H and O–H groups in total. The van der Waals surface area contributed by atoms with E-state index in [1.807, 2.05) is 31.3 Å². The normalized spacial score (nSPS) is 11.4. The molecule has 184 valence electrons. The van der Waals surface area contributed by atoms with Crippen molar-refractivity contribution in [3.05, 3.63) is 89.5 Å². The molecule has 0 saturated heterocycles. The van der Waals surface area contributed by atoms with Crippen molar-refractivity contribution in [2.45, 2.75) is 40.2 Å². The highest BCUT2D eigenvalue weighted by molar-refractivity contribution is 5.85. The molecule has 0 bridgehead atoms. The molecule has 0 amide bonds. The Morgan fingerprint density at radius 1 is 0.865 bits per heavy atom. The molecule has 0 atom stereocenters. The van der Waals surface area contributed by atoms with Crippen LogP contribution in [0.15, 0.2) is 66.9 Å². The van der Waals surface area contributed by atoms with Crippen LogP contribution in [0.5, 0.6) is 0 Å². The maximum atomic E-state index is 5.05. The van der Waals surface area contributed by atoms with Crippen molar-refractivity contribution in [1.29, 1.82) is 0 Å². The van der Waals surface area contributed by atoms with Gasteiger partial charge in [0.1, 0.15) is 11.6 Å². The molecule has 0 fully saturated rings. The molecule has 6 rings (SSSR count). The number of hydrogen-bond donors (Lipinski definition) is 2. The molecule has 0 saturated carbocycles. The quantitative estimate of drug-likeness (QED) is 0.292. The van der Waals surface area contributed by atoms with Crippen LogP contribution in [0.1, 0.15) is 36.0 Å². The molecule has 0 aliphatic carbocycles. The van der Waals surface area contributed by atoms with Gasteiger partial charge in [-0.05, 0) is 65.1 Å². The first-order valence-electron chi connectivity index (χ1n) is 12.6. The van der Waals surface area contributed by atoms with Gasteiger partial charge in [0.05, 0.1) is 16.7 Å². The monoisotopic (exact) mass is 488 g/mol. The molecule has 6 aromatic rings. The van der Waals surface area contributed by atoms with Crippen molar-refractivity contribution in [2.75, 3.05) is 0 Å². The fourth-order valence-electron chi connectivity index (χ4n) is 4.92. The Kier molecular flexibility index (Phi) is 5.84. The number of nitrogens with one attached hydrogen (secondary N) is 2. The number of fused-ring (bicyclic) bond motifs is 1. The lowest BCUT2D eigenvalue weighted by atomic mass is 9.98. The first kappa shape index (κ1) is 22.8. The van der Waals surface area contributed by atoms with Crippen molar-refractivity contribution in [3.8, 4) is 33.9 Å². The van der Waals surface area contributed by atoms with Crippen LogP contribution in [0.3, 0.4) is 0 Å². The number of tetrazole rings is 1. The standard InChI is InChI=1S/C29H28N8/c1-4-7-26-32-27-18(2)14-22(28-30-16-19(3)31-28)15-25(27)37(26)17-20-10-12-21(13-11-20)23-8-5-6-9-24(23)29-33-35-36-34-29/h5-6,8-16H,4,7,17H2,1-3H3,(H,30,31)(H,33,34,35,36). The molecule has 0 aliphatic heterocycles. The summed E-state index contributed by atoms with van der Waals surface area (Å²) in [5, 5.41) is 14.4. The predicted molar refractivity (Wildman–Crippen MR) is 145 cm³/mol. The molecule has 8 nitrogen and oxygen atoms in total. The van der Waals surface area contributed by atoms with Crippen LogP contribution in [0, 0.1) is 13.8 Å². The van der Waals surface area contributed by atoms with Crippen LogP contribution in [0.25, 0.3) is 44.9 Å². The lowest BCUT2D eigenvalue weighted by Crippen LogP contribution is -2.05. The second-order valence-electron chi connectivity index (χ2n) is 9.41. The summed E-state index contributed by atoms with van der Waals surface area (Å²) in [5.41, 5.74) is 9.81. The number of aryl methyl sites for hydroxylation is 3. The number of rotatable bonds is 7. The Balaban J connectivity index is 1.38. The van der Waals surface area contributed by atoms with Crippen molar-refractivity contribution in [2.24, 2.45) is 0 Å². The van der Waals surface area contributed by atoms with Crippen LogP contribution in [0.4, 0.5) is 0 Å². The van der Waals surface area contributed by atoms with Gasteiger partial charge in [-0.3, -0.25) is 0 Å². The summed E-state index contributed by atoms with van der Waals surface area (Å²) in [5.74, 6) is 2.66. The van der Waals surface area contributed by atoms with Crippen LogP contribution in [0.2, 0.25) is 0 Å². The van der Waals surface area contributed by atoms with Crippen molar-refractivity contribution >= 4 is 11.0 Å². The van der Waals surface area contributed by atoms with E-state index in [1.54, 1.807) is 0 Å². The van der Waals surface area contributed by atoms with Gasteiger partial charge in [-0.1, -0.05) is 55.5 Å². The van der Waals surface area contributed by atoms with Gasteiger partial charge in [0.25, 0.3) is 0 Å². The Morgan fingerprint density at radius 3 is 2.38 bits per heavy atom. The average Bonchev–Trinajstić information content (AvgIpc) is 3.67. The Morgan fingerprint density at radius 2 is 1.68 bits per heavy atom. The zero-order chi connectivity index (χ0) is 25.4. The Bertz CT molecular complexity index is 1670. The van der Waals surface area contributed by atoms with Crippen molar-refractivity contribution in [1.82, 2.24) is 40.1 Å². The summed E-state index contributed by atoms with van der Waals surface area (Å²) >= 11 is 0. The number of imidazole rings is 2. The Labute approximate surface area is 214 Å². The SMILES string of the molecule is CCCc1nc2c(C)cc(-c3nc(C)c[nH]3)cc2n1Cc1ccc(-c2ccccc2-c2nnn[nH]2)cc1. The maximum Gasteiger partial charge on any atom is 0.180 e. The van der Waals surface area contributed by atoms with Gasteiger partial charge >= 0.3 is 0 Å². The summed E-state index contributed by atoms with van der Waals surface area (Å²) in [6.45, 7) is 7.08. The van der Waals surface area contributed by atoms with Crippen LogP contribution in [-0.2, 0) is 13.0 Å². The number of aromatic nitrogens is 8. The van der Waals surface area contributed by atoms with Crippen LogP contribution in [-0.4, -0.2) is 40.1 Å². The van der Waals surface area contributed by atoms with Gasteiger partial charge in [0.2, 0.25) is 0 Å². The third-order valence-electron chi connectivity index (χ3n) is 6.71. The summed E-state index contributed by atoms with van der Waals surface area (Å²) in [6, 6.07) is 21.3. The topological polar surface area (TPSA) is 101 Å².